The number of halogens is 1. The van der Waals surface area contributed by atoms with Crippen LogP contribution in [0.1, 0.15) is 36.6 Å². The number of tetrazole rings is 1. The number of aromatic amines is 1. The average Bonchev–Trinajstić information content (AvgIpc) is 3.53. The maximum atomic E-state index is 14.7. The van der Waals surface area contributed by atoms with Crippen LogP contribution in [0, 0.1) is 12.7 Å². The van der Waals surface area contributed by atoms with Crippen molar-refractivity contribution in [3.63, 3.8) is 0 Å². The molecule has 0 saturated carbocycles. The summed E-state index contributed by atoms with van der Waals surface area (Å²) in [6.45, 7) is 4.31. The minimum Gasteiger partial charge on any atom is -0.292 e. The Balaban J connectivity index is 1.49. The van der Waals surface area contributed by atoms with Gasteiger partial charge in [0.25, 0.3) is 0 Å². The van der Waals surface area contributed by atoms with E-state index in [0.29, 0.717) is 23.6 Å². The standard InChI is InChI=1S/C27H26FN7O/c1-3-4-8-21-17-35(25-18(2)7-5-10-23(25)28)27(36)34(21)16-19-11-13-20(14-12-19)24-22(9-6-15-29-24)26-30-32-33-31-26/h5-7,9-15,17H,3-4,8,16H2,1-2H3,(H,30,31,32,33). The number of hydrogen-bond acceptors (Lipinski definition) is 5. The number of imidazole rings is 1. The minimum absolute atomic E-state index is 0.248. The molecule has 0 bridgehead atoms. The van der Waals surface area contributed by atoms with Gasteiger partial charge in [0.1, 0.15) is 5.82 Å². The summed E-state index contributed by atoms with van der Waals surface area (Å²) in [4.78, 5) is 18.0. The molecule has 3 heterocycles. The quantitative estimate of drug-likeness (QED) is 0.345. The Morgan fingerprint density at radius 3 is 2.61 bits per heavy atom. The van der Waals surface area contributed by atoms with Gasteiger partial charge in [-0.1, -0.05) is 49.7 Å². The van der Waals surface area contributed by atoms with Gasteiger partial charge < -0.3 is 0 Å². The highest BCUT2D eigenvalue weighted by Crippen LogP contribution is 2.28. The van der Waals surface area contributed by atoms with Gasteiger partial charge in [-0.25, -0.2) is 9.18 Å². The fourth-order valence-corrected chi connectivity index (χ4v) is 4.38. The number of hydrogen-bond donors (Lipinski definition) is 1. The molecule has 0 aliphatic carbocycles. The number of nitrogens with zero attached hydrogens (tertiary/aromatic N) is 6. The van der Waals surface area contributed by atoms with E-state index in [9.17, 15) is 9.18 Å². The Labute approximate surface area is 207 Å². The molecule has 0 amide bonds. The van der Waals surface area contributed by atoms with Gasteiger partial charge in [-0.05, 0) is 54.3 Å². The smallest absolute Gasteiger partial charge is 0.292 e. The second-order valence-corrected chi connectivity index (χ2v) is 8.70. The number of pyridine rings is 1. The summed E-state index contributed by atoms with van der Waals surface area (Å²) in [6, 6.07) is 16.5. The van der Waals surface area contributed by atoms with Crippen molar-refractivity contribution in [1.82, 2.24) is 34.7 Å². The molecule has 5 rings (SSSR count). The minimum atomic E-state index is -0.409. The largest absolute Gasteiger partial charge is 0.333 e. The molecule has 0 unspecified atom stereocenters. The summed E-state index contributed by atoms with van der Waals surface area (Å²) < 4.78 is 17.9. The molecule has 2 aromatic carbocycles. The van der Waals surface area contributed by atoms with Crippen molar-refractivity contribution < 1.29 is 4.39 Å². The van der Waals surface area contributed by atoms with E-state index in [2.05, 4.69) is 32.5 Å². The SMILES string of the molecule is CCCCc1cn(-c2c(C)cccc2F)c(=O)n1Cc1ccc(-c2ncccc2-c2nn[nH]n2)cc1. The van der Waals surface area contributed by atoms with Crippen LogP contribution in [0.15, 0.2) is 71.8 Å². The molecule has 5 aromatic rings. The van der Waals surface area contributed by atoms with Crippen molar-refractivity contribution in [2.24, 2.45) is 0 Å². The van der Waals surface area contributed by atoms with E-state index in [1.165, 1.54) is 10.6 Å². The van der Waals surface area contributed by atoms with Gasteiger partial charge in [-0.3, -0.25) is 14.1 Å². The van der Waals surface area contributed by atoms with Crippen molar-refractivity contribution in [2.75, 3.05) is 0 Å². The van der Waals surface area contributed by atoms with E-state index < -0.39 is 5.82 Å². The van der Waals surface area contributed by atoms with Gasteiger partial charge in [0.05, 0.1) is 17.9 Å². The summed E-state index contributed by atoms with van der Waals surface area (Å²) in [6.07, 6.45) is 6.19. The number of H-pyrrole nitrogens is 1. The Bertz CT molecular complexity index is 1520. The van der Waals surface area contributed by atoms with Crippen LogP contribution in [0.25, 0.3) is 28.3 Å². The fourth-order valence-electron chi connectivity index (χ4n) is 4.38. The summed E-state index contributed by atoms with van der Waals surface area (Å²) >= 11 is 0. The van der Waals surface area contributed by atoms with Crippen molar-refractivity contribution in [3.8, 4) is 28.3 Å². The lowest BCUT2D eigenvalue weighted by atomic mass is 10.0. The van der Waals surface area contributed by atoms with Crippen LogP contribution < -0.4 is 5.69 Å². The van der Waals surface area contributed by atoms with Gasteiger partial charge in [0, 0.05) is 29.2 Å². The van der Waals surface area contributed by atoms with Crippen LogP contribution >= 0.6 is 0 Å². The molecule has 36 heavy (non-hydrogen) atoms. The first-order valence-corrected chi connectivity index (χ1v) is 11.9. The maximum Gasteiger partial charge on any atom is 0.333 e. The zero-order valence-electron chi connectivity index (χ0n) is 20.1. The molecule has 0 saturated heterocycles. The van der Waals surface area contributed by atoms with Crippen LogP contribution in [0.5, 0.6) is 0 Å². The van der Waals surface area contributed by atoms with Crippen molar-refractivity contribution in [2.45, 2.75) is 39.7 Å². The third kappa shape index (κ3) is 4.47. The number of aryl methyl sites for hydroxylation is 2. The first-order chi connectivity index (χ1) is 17.6. The second kappa shape index (κ2) is 10.1. The van der Waals surface area contributed by atoms with Gasteiger partial charge in [0.2, 0.25) is 5.82 Å². The number of rotatable bonds is 8. The Morgan fingerprint density at radius 1 is 1.06 bits per heavy atom. The predicted octanol–water partition coefficient (Wildman–Crippen LogP) is 4.72. The molecular formula is C27H26FN7O. The third-order valence-corrected chi connectivity index (χ3v) is 6.24. The highest BCUT2D eigenvalue weighted by molar-refractivity contribution is 5.76. The van der Waals surface area contributed by atoms with Crippen molar-refractivity contribution in [1.29, 1.82) is 0 Å². The molecule has 0 fully saturated rings. The van der Waals surface area contributed by atoms with Crippen molar-refractivity contribution in [3.05, 3.63) is 100 Å². The Morgan fingerprint density at radius 2 is 1.89 bits per heavy atom. The average molecular weight is 484 g/mol. The summed E-state index contributed by atoms with van der Waals surface area (Å²) in [5.41, 5.74) is 5.03. The zero-order chi connectivity index (χ0) is 25.1. The van der Waals surface area contributed by atoms with Crippen LogP contribution in [0.2, 0.25) is 0 Å². The van der Waals surface area contributed by atoms with E-state index in [1.807, 2.05) is 49.4 Å². The molecule has 3 aromatic heterocycles. The van der Waals surface area contributed by atoms with Gasteiger partial charge in [-0.15, -0.1) is 10.2 Å². The Hall–Kier alpha value is -4.40. The molecule has 182 valence electrons. The number of unbranched alkanes of at least 4 members (excludes halogenated alkanes) is 1. The van der Waals surface area contributed by atoms with Gasteiger partial charge in [0.15, 0.2) is 0 Å². The molecule has 0 aliphatic rings. The summed E-state index contributed by atoms with van der Waals surface area (Å²) in [5, 5.41) is 14.3. The second-order valence-electron chi connectivity index (χ2n) is 8.70. The predicted molar refractivity (Wildman–Crippen MR) is 135 cm³/mol. The van der Waals surface area contributed by atoms with E-state index in [0.717, 1.165) is 47.3 Å². The molecule has 0 atom stereocenters. The summed E-state index contributed by atoms with van der Waals surface area (Å²) in [7, 11) is 0. The topological polar surface area (TPSA) is 94.3 Å². The zero-order valence-corrected chi connectivity index (χ0v) is 20.1. The third-order valence-electron chi connectivity index (χ3n) is 6.24. The molecule has 1 N–H and O–H groups in total. The van der Waals surface area contributed by atoms with E-state index in [-0.39, 0.29) is 5.69 Å². The van der Waals surface area contributed by atoms with Crippen molar-refractivity contribution >= 4 is 0 Å². The van der Waals surface area contributed by atoms with Crippen LogP contribution in [0.3, 0.4) is 0 Å². The van der Waals surface area contributed by atoms with Crippen LogP contribution in [-0.4, -0.2) is 34.7 Å². The van der Waals surface area contributed by atoms with Gasteiger partial charge >= 0.3 is 5.69 Å². The molecule has 8 nitrogen and oxygen atoms in total. The number of benzene rings is 2. The normalized spacial score (nSPS) is 11.2. The highest BCUT2D eigenvalue weighted by atomic mass is 19.1. The van der Waals surface area contributed by atoms with E-state index in [4.69, 9.17) is 0 Å². The highest BCUT2D eigenvalue weighted by Gasteiger charge is 2.17. The van der Waals surface area contributed by atoms with E-state index in [1.54, 1.807) is 23.0 Å². The number of aromatic nitrogens is 7. The summed E-state index contributed by atoms with van der Waals surface area (Å²) in [5.74, 6) is 0.0625. The molecule has 0 radical (unpaired) electrons. The first-order valence-electron chi connectivity index (χ1n) is 11.9. The number of para-hydroxylation sites is 1. The fraction of sp³-hybridized carbons (Fsp3) is 0.222. The van der Waals surface area contributed by atoms with Crippen LogP contribution in [-0.2, 0) is 13.0 Å². The Kier molecular flexibility index (Phi) is 6.53. The molecular weight excluding hydrogens is 457 g/mol. The maximum absolute atomic E-state index is 14.7. The lowest BCUT2D eigenvalue weighted by Gasteiger charge is -2.09. The molecule has 0 spiro atoms. The molecule has 0 aliphatic heterocycles. The number of nitrogens with one attached hydrogen (secondary N) is 1. The van der Waals surface area contributed by atoms with Gasteiger partial charge in [-0.2, -0.15) is 5.21 Å². The van der Waals surface area contributed by atoms with E-state index >= 15 is 0 Å². The molecule has 9 heteroatoms. The first kappa shape index (κ1) is 23.3. The monoisotopic (exact) mass is 483 g/mol. The lowest BCUT2D eigenvalue weighted by Crippen LogP contribution is -2.25. The van der Waals surface area contributed by atoms with Crippen LogP contribution in [0.4, 0.5) is 4.39 Å². The lowest BCUT2D eigenvalue weighted by molar-refractivity contribution is 0.611.